The van der Waals surface area contributed by atoms with E-state index >= 15 is 0 Å². The Bertz CT molecular complexity index is 890. The number of hydrogen-bond acceptors (Lipinski definition) is 5. The molecule has 1 saturated heterocycles. The van der Waals surface area contributed by atoms with Crippen LogP contribution < -0.4 is 4.90 Å². The van der Waals surface area contributed by atoms with E-state index in [4.69, 9.17) is 0 Å². The van der Waals surface area contributed by atoms with Crippen molar-refractivity contribution in [2.24, 2.45) is 0 Å². The Labute approximate surface area is 162 Å². The van der Waals surface area contributed by atoms with Gasteiger partial charge in [0.15, 0.2) is 0 Å². The molecule has 0 saturated carbocycles. The molecule has 1 aliphatic heterocycles. The van der Waals surface area contributed by atoms with Crippen molar-refractivity contribution in [3.63, 3.8) is 0 Å². The summed E-state index contributed by atoms with van der Waals surface area (Å²) in [4.78, 5) is 11.4. The highest BCUT2D eigenvalue weighted by atomic mass is 32.2. The maximum Gasteiger partial charge on any atom is 0.218 e. The lowest BCUT2D eigenvalue weighted by atomic mass is 10.0. The minimum atomic E-state index is -3.31. The van der Waals surface area contributed by atoms with Gasteiger partial charge >= 0.3 is 0 Å². The van der Waals surface area contributed by atoms with Crippen LogP contribution in [0.25, 0.3) is 0 Å². The maximum absolute atomic E-state index is 12.8. The molecule has 0 bridgehead atoms. The normalized spacial score (nSPS) is 16.1. The van der Waals surface area contributed by atoms with Crippen molar-refractivity contribution < 1.29 is 8.42 Å². The number of aromatic nitrogens is 2. The van der Waals surface area contributed by atoms with E-state index in [1.807, 2.05) is 44.2 Å². The average Bonchev–Trinajstić information content (AvgIpc) is 2.61. The predicted molar refractivity (Wildman–Crippen MR) is 108 cm³/mol. The Morgan fingerprint density at radius 2 is 1.63 bits per heavy atom. The van der Waals surface area contributed by atoms with Crippen molar-refractivity contribution in [2.45, 2.75) is 39.4 Å². The number of piperazine rings is 1. The molecular weight excluding hydrogens is 360 g/mol. The van der Waals surface area contributed by atoms with Gasteiger partial charge in [-0.05, 0) is 25.3 Å². The van der Waals surface area contributed by atoms with Gasteiger partial charge in [0.25, 0.3) is 0 Å². The van der Waals surface area contributed by atoms with Crippen LogP contribution >= 0.6 is 0 Å². The lowest BCUT2D eigenvalue weighted by molar-refractivity contribution is 0.382. The molecule has 0 amide bonds. The van der Waals surface area contributed by atoms with Gasteiger partial charge in [-0.15, -0.1) is 0 Å². The van der Waals surface area contributed by atoms with Crippen LogP contribution in [-0.2, 0) is 15.8 Å². The fourth-order valence-corrected chi connectivity index (χ4v) is 5.19. The van der Waals surface area contributed by atoms with Gasteiger partial charge in [-0.25, -0.2) is 18.4 Å². The second kappa shape index (κ2) is 7.94. The van der Waals surface area contributed by atoms with E-state index in [0.29, 0.717) is 32.1 Å². The van der Waals surface area contributed by atoms with E-state index in [2.05, 4.69) is 28.7 Å². The summed E-state index contributed by atoms with van der Waals surface area (Å²) in [7, 11) is -3.31. The van der Waals surface area contributed by atoms with E-state index < -0.39 is 10.0 Å². The predicted octanol–water partition coefficient (Wildman–Crippen LogP) is 2.87. The van der Waals surface area contributed by atoms with Crippen molar-refractivity contribution in [3.8, 4) is 0 Å². The minimum Gasteiger partial charge on any atom is -0.354 e. The van der Waals surface area contributed by atoms with Gasteiger partial charge in [0, 0.05) is 37.4 Å². The number of hydrogen-bond donors (Lipinski definition) is 0. The SMILES string of the molecule is Cc1nc(C)c(C(C)C)c(N2CCN(S(=O)(=O)Cc3ccccc3)CC2)n1. The van der Waals surface area contributed by atoms with Gasteiger partial charge in [-0.2, -0.15) is 4.31 Å². The van der Waals surface area contributed by atoms with Gasteiger partial charge in [-0.3, -0.25) is 0 Å². The Morgan fingerprint density at radius 1 is 1.00 bits per heavy atom. The van der Waals surface area contributed by atoms with E-state index in [-0.39, 0.29) is 5.75 Å². The van der Waals surface area contributed by atoms with E-state index in [0.717, 1.165) is 28.5 Å². The Balaban J connectivity index is 1.74. The average molecular weight is 389 g/mol. The quantitative estimate of drug-likeness (QED) is 0.788. The maximum atomic E-state index is 12.8. The summed E-state index contributed by atoms with van der Waals surface area (Å²) in [6, 6.07) is 9.35. The molecule has 0 spiro atoms. The Kier molecular flexibility index (Phi) is 5.81. The van der Waals surface area contributed by atoms with Crippen molar-refractivity contribution >= 4 is 15.8 Å². The van der Waals surface area contributed by atoms with Crippen molar-refractivity contribution in [2.75, 3.05) is 31.1 Å². The number of rotatable bonds is 5. The summed E-state index contributed by atoms with van der Waals surface area (Å²) in [5.41, 5.74) is 2.98. The summed E-state index contributed by atoms with van der Waals surface area (Å²) >= 11 is 0. The van der Waals surface area contributed by atoms with Gasteiger partial charge < -0.3 is 4.90 Å². The monoisotopic (exact) mass is 388 g/mol. The second-order valence-electron chi connectivity index (χ2n) is 7.38. The highest BCUT2D eigenvalue weighted by molar-refractivity contribution is 7.88. The first kappa shape index (κ1) is 19.8. The van der Waals surface area contributed by atoms with Gasteiger partial charge in [-0.1, -0.05) is 44.2 Å². The first-order chi connectivity index (χ1) is 12.8. The van der Waals surface area contributed by atoms with Crippen LogP contribution in [0.15, 0.2) is 30.3 Å². The van der Waals surface area contributed by atoms with Gasteiger partial charge in [0.1, 0.15) is 11.6 Å². The largest absolute Gasteiger partial charge is 0.354 e. The lowest BCUT2D eigenvalue weighted by Crippen LogP contribution is -2.49. The molecule has 0 unspecified atom stereocenters. The molecule has 7 heteroatoms. The summed E-state index contributed by atoms with van der Waals surface area (Å²) in [5, 5.41) is 0. The highest BCUT2D eigenvalue weighted by Crippen LogP contribution is 2.29. The third kappa shape index (κ3) is 4.47. The second-order valence-corrected chi connectivity index (χ2v) is 9.35. The number of benzene rings is 1. The van der Waals surface area contributed by atoms with E-state index in [9.17, 15) is 8.42 Å². The molecule has 1 aromatic heterocycles. The zero-order chi connectivity index (χ0) is 19.6. The molecule has 2 aromatic rings. The molecule has 1 fully saturated rings. The van der Waals surface area contributed by atoms with Crippen molar-refractivity contribution in [1.82, 2.24) is 14.3 Å². The van der Waals surface area contributed by atoms with Crippen LogP contribution in [-0.4, -0.2) is 48.9 Å². The lowest BCUT2D eigenvalue weighted by Gasteiger charge is -2.36. The fourth-order valence-electron chi connectivity index (χ4n) is 3.67. The fraction of sp³-hybridized carbons (Fsp3) is 0.500. The van der Waals surface area contributed by atoms with E-state index in [1.54, 1.807) is 4.31 Å². The third-order valence-electron chi connectivity index (χ3n) is 4.93. The molecule has 0 radical (unpaired) electrons. The minimum absolute atomic E-state index is 0.0524. The number of sulfonamides is 1. The molecule has 0 atom stereocenters. The van der Waals surface area contributed by atoms with Gasteiger partial charge in [0.2, 0.25) is 10.0 Å². The first-order valence-corrected chi connectivity index (χ1v) is 11.0. The molecule has 146 valence electrons. The number of nitrogens with zero attached hydrogens (tertiary/aromatic N) is 4. The molecule has 6 nitrogen and oxygen atoms in total. The molecule has 0 N–H and O–H groups in total. The summed E-state index contributed by atoms with van der Waals surface area (Å²) in [5.74, 6) is 2.08. The highest BCUT2D eigenvalue weighted by Gasteiger charge is 2.29. The standard InChI is InChI=1S/C20H28N4O2S/c1-15(2)19-16(3)21-17(4)22-20(19)23-10-12-24(13-11-23)27(25,26)14-18-8-6-5-7-9-18/h5-9,15H,10-14H2,1-4H3. The molecule has 27 heavy (non-hydrogen) atoms. The van der Waals surface area contributed by atoms with Crippen LogP contribution in [0.5, 0.6) is 0 Å². The zero-order valence-corrected chi connectivity index (χ0v) is 17.3. The number of anilines is 1. The van der Waals surface area contributed by atoms with Crippen LogP contribution in [0, 0.1) is 13.8 Å². The van der Waals surface area contributed by atoms with E-state index in [1.165, 1.54) is 0 Å². The third-order valence-corrected chi connectivity index (χ3v) is 6.78. The molecule has 3 rings (SSSR count). The molecule has 0 aliphatic carbocycles. The van der Waals surface area contributed by atoms with Crippen LogP contribution in [0.3, 0.4) is 0 Å². The summed E-state index contributed by atoms with van der Waals surface area (Å²) < 4.78 is 27.1. The van der Waals surface area contributed by atoms with Crippen molar-refractivity contribution in [3.05, 3.63) is 53.0 Å². The zero-order valence-electron chi connectivity index (χ0n) is 16.5. The summed E-state index contributed by atoms with van der Waals surface area (Å²) in [6.45, 7) is 10.5. The Hall–Kier alpha value is -1.99. The van der Waals surface area contributed by atoms with Crippen LogP contribution in [0.2, 0.25) is 0 Å². The first-order valence-electron chi connectivity index (χ1n) is 9.40. The topological polar surface area (TPSA) is 66.4 Å². The Morgan fingerprint density at radius 3 is 2.22 bits per heavy atom. The molecule has 1 aromatic carbocycles. The molecule has 2 heterocycles. The van der Waals surface area contributed by atoms with Crippen molar-refractivity contribution in [1.29, 1.82) is 0 Å². The van der Waals surface area contributed by atoms with Crippen LogP contribution in [0.4, 0.5) is 5.82 Å². The van der Waals surface area contributed by atoms with Gasteiger partial charge in [0.05, 0.1) is 5.75 Å². The van der Waals surface area contributed by atoms with Crippen LogP contribution in [0.1, 0.15) is 42.4 Å². The smallest absolute Gasteiger partial charge is 0.218 e. The summed E-state index contributed by atoms with van der Waals surface area (Å²) in [6.07, 6.45) is 0. The molecule has 1 aliphatic rings. The number of aryl methyl sites for hydroxylation is 2. The molecular formula is C20H28N4O2S.